The first kappa shape index (κ1) is 15.0. The number of ether oxygens (including phenoxy) is 2. The topological polar surface area (TPSA) is 65.4 Å². The quantitative estimate of drug-likeness (QED) is 0.831. The molecule has 6 heteroatoms. The first-order chi connectivity index (χ1) is 9.72. The molecule has 2 unspecified atom stereocenters. The Kier molecular flexibility index (Phi) is 4.77. The molecule has 0 spiro atoms. The smallest absolute Gasteiger partial charge is 0.341 e. The van der Waals surface area contributed by atoms with Gasteiger partial charge >= 0.3 is 5.97 Å². The van der Waals surface area contributed by atoms with Crippen LogP contribution in [-0.2, 0) is 16.0 Å². The summed E-state index contributed by atoms with van der Waals surface area (Å²) in [7, 11) is 0. The fourth-order valence-electron chi connectivity index (χ4n) is 2.71. The van der Waals surface area contributed by atoms with Crippen molar-refractivity contribution < 1.29 is 14.3 Å². The van der Waals surface area contributed by atoms with Gasteiger partial charge < -0.3 is 14.8 Å². The van der Waals surface area contributed by atoms with Gasteiger partial charge in [-0.3, -0.25) is 4.68 Å². The lowest BCUT2D eigenvalue weighted by Crippen LogP contribution is -2.42. The van der Waals surface area contributed by atoms with Gasteiger partial charge in [0.05, 0.1) is 43.3 Å². The number of nitrogens with one attached hydrogen (secondary N) is 1. The monoisotopic (exact) mass is 281 g/mol. The molecule has 112 valence electrons. The van der Waals surface area contributed by atoms with Gasteiger partial charge in [-0.25, -0.2) is 4.79 Å². The molecule has 0 bridgehead atoms. The minimum atomic E-state index is -0.282. The van der Waals surface area contributed by atoms with Crippen molar-refractivity contribution >= 4 is 5.97 Å². The van der Waals surface area contributed by atoms with E-state index < -0.39 is 0 Å². The average molecular weight is 281 g/mol. The number of carbonyl (C=O) groups excluding carboxylic acids is 1. The Labute approximate surface area is 119 Å². The summed E-state index contributed by atoms with van der Waals surface area (Å²) < 4.78 is 12.5. The molecular formula is C14H23N3O3. The van der Waals surface area contributed by atoms with Crippen LogP contribution in [0.4, 0.5) is 0 Å². The molecule has 2 aliphatic rings. The largest absolute Gasteiger partial charge is 0.462 e. The van der Waals surface area contributed by atoms with Crippen LogP contribution in [0, 0.1) is 6.92 Å². The summed E-state index contributed by atoms with van der Waals surface area (Å²) in [6.45, 7) is 10.0. The third-order valence-corrected chi connectivity index (χ3v) is 3.56. The van der Waals surface area contributed by atoms with Crippen LogP contribution < -0.4 is 5.32 Å². The van der Waals surface area contributed by atoms with Crippen LogP contribution in [0.15, 0.2) is 0 Å². The molecule has 0 saturated carbocycles. The lowest BCUT2D eigenvalue weighted by Gasteiger charge is -2.27. The summed E-state index contributed by atoms with van der Waals surface area (Å²) >= 11 is 0. The predicted molar refractivity (Wildman–Crippen MR) is 74.8 cm³/mol. The van der Waals surface area contributed by atoms with Crippen molar-refractivity contribution in [1.29, 1.82) is 0 Å². The molecule has 2 atom stereocenters. The van der Waals surface area contributed by atoms with Gasteiger partial charge in [0.1, 0.15) is 5.56 Å². The van der Waals surface area contributed by atoms with Crippen LogP contribution in [-0.4, -0.2) is 41.6 Å². The van der Waals surface area contributed by atoms with Gasteiger partial charge in [0.2, 0.25) is 0 Å². The normalized spacial score (nSPS) is 23.4. The minimum absolute atomic E-state index is 0.190. The minimum Gasteiger partial charge on any atom is -0.462 e. The Bertz CT molecular complexity index is 484. The highest BCUT2D eigenvalue weighted by Gasteiger charge is 2.37. The second kappa shape index (κ2) is 6.37. The molecule has 1 fully saturated rings. The number of esters is 1. The highest BCUT2D eigenvalue weighted by Crippen LogP contribution is 2.28. The first-order valence-corrected chi connectivity index (χ1v) is 7.28. The Morgan fingerprint density at radius 3 is 2.95 bits per heavy atom. The van der Waals surface area contributed by atoms with Gasteiger partial charge in [0, 0.05) is 6.54 Å². The number of nitrogens with zero attached hydrogens (tertiary/aromatic N) is 2. The summed E-state index contributed by atoms with van der Waals surface area (Å²) in [5, 5.41) is 7.89. The Hall–Kier alpha value is -1.40. The highest BCUT2D eigenvalue weighted by molar-refractivity contribution is 5.92. The molecule has 1 N–H and O–H groups in total. The molecule has 6 nitrogen and oxygen atoms in total. The number of hydrogen-bond acceptors (Lipinski definition) is 5. The highest BCUT2D eigenvalue weighted by atomic mass is 16.5. The van der Waals surface area contributed by atoms with E-state index in [4.69, 9.17) is 9.47 Å². The zero-order valence-corrected chi connectivity index (χ0v) is 12.6. The second-order valence-electron chi connectivity index (χ2n) is 4.66. The molecule has 0 aliphatic carbocycles. The molecule has 3 rings (SSSR count). The van der Waals surface area contributed by atoms with Crippen LogP contribution in [0.2, 0.25) is 0 Å². The third-order valence-electron chi connectivity index (χ3n) is 3.56. The van der Waals surface area contributed by atoms with Gasteiger partial charge in [0.15, 0.2) is 0 Å². The fraction of sp³-hybridized carbons (Fsp3) is 0.714. The summed E-state index contributed by atoms with van der Waals surface area (Å²) in [4.78, 5) is 12.0. The predicted octanol–water partition coefficient (Wildman–Crippen LogP) is 1.44. The van der Waals surface area contributed by atoms with Crippen LogP contribution in [0.5, 0.6) is 0 Å². The molecule has 3 heterocycles. The van der Waals surface area contributed by atoms with Crippen molar-refractivity contribution in [2.24, 2.45) is 0 Å². The van der Waals surface area contributed by atoms with E-state index in [9.17, 15) is 4.79 Å². The van der Waals surface area contributed by atoms with Crippen molar-refractivity contribution in [2.45, 2.75) is 46.3 Å². The van der Waals surface area contributed by atoms with Crippen LogP contribution in [0.1, 0.15) is 48.6 Å². The maximum Gasteiger partial charge on any atom is 0.341 e. The summed E-state index contributed by atoms with van der Waals surface area (Å²) in [5.41, 5.74) is 2.25. The number of hydrogen-bond donors (Lipinski definition) is 1. The van der Waals surface area contributed by atoms with Crippen LogP contribution in [0.3, 0.4) is 0 Å². The van der Waals surface area contributed by atoms with E-state index in [1.807, 2.05) is 32.4 Å². The number of carbonyl (C=O) groups is 1. The van der Waals surface area contributed by atoms with Gasteiger partial charge in [-0.1, -0.05) is 13.8 Å². The molecule has 1 saturated heterocycles. The molecule has 20 heavy (non-hydrogen) atoms. The van der Waals surface area contributed by atoms with E-state index in [1.165, 1.54) is 0 Å². The Morgan fingerprint density at radius 2 is 2.25 bits per heavy atom. The van der Waals surface area contributed by atoms with E-state index in [0.29, 0.717) is 38.0 Å². The Balaban J connectivity index is 0.000000704. The van der Waals surface area contributed by atoms with Crippen molar-refractivity contribution in [1.82, 2.24) is 15.1 Å². The lowest BCUT2D eigenvalue weighted by molar-refractivity contribution is 0.0523. The van der Waals surface area contributed by atoms with Gasteiger partial charge in [-0.2, -0.15) is 5.10 Å². The number of aryl methyl sites for hydroxylation is 1. The van der Waals surface area contributed by atoms with Crippen molar-refractivity contribution in [3.63, 3.8) is 0 Å². The van der Waals surface area contributed by atoms with E-state index in [2.05, 4.69) is 10.4 Å². The lowest BCUT2D eigenvalue weighted by atomic mass is 10.1. The zero-order chi connectivity index (χ0) is 14.7. The van der Waals surface area contributed by atoms with E-state index in [0.717, 1.165) is 11.4 Å². The Morgan fingerprint density at radius 1 is 1.50 bits per heavy atom. The molecule has 1 aromatic rings. The fourth-order valence-corrected chi connectivity index (χ4v) is 2.71. The second-order valence-corrected chi connectivity index (χ2v) is 4.66. The standard InChI is InChI=1S/C12H17N3O3.C2H6/c1-3-18-12(16)11-7(2)14-15-9(11)4-13-8-5-17-6-10(8)15;1-2/h8,10,13H,3-6H2,1-2H3;1-2H3. The molecule has 2 aliphatic heterocycles. The number of fused-ring (bicyclic) bond motifs is 3. The van der Waals surface area contributed by atoms with Crippen molar-refractivity contribution in [2.75, 3.05) is 19.8 Å². The van der Waals surface area contributed by atoms with Crippen LogP contribution in [0.25, 0.3) is 0 Å². The maximum absolute atomic E-state index is 12.0. The molecular weight excluding hydrogens is 258 g/mol. The number of aromatic nitrogens is 2. The zero-order valence-electron chi connectivity index (χ0n) is 12.6. The summed E-state index contributed by atoms with van der Waals surface area (Å²) in [5.74, 6) is -0.282. The molecule has 0 amide bonds. The number of rotatable bonds is 2. The van der Waals surface area contributed by atoms with Crippen molar-refractivity contribution in [3.8, 4) is 0 Å². The molecule has 1 aromatic heterocycles. The summed E-state index contributed by atoms with van der Waals surface area (Å²) in [6, 6.07) is 0.488. The van der Waals surface area contributed by atoms with E-state index >= 15 is 0 Å². The summed E-state index contributed by atoms with van der Waals surface area (Å²) in [6.07, 6.45) is 0. The van der Waals surface area contributed by atoms with E-state index in [1.54, 1.807) is 0 Å². The van der Waals surface area contributed by atoms with E-state index in [-0.39, 0.29) is 12.0 Å². The SMILES string of the molecule is CC.CCOC(=O)c1c(C)nn2c1CNC1COCC12. The van der Waals surface area contributed by atoms with Gasteiger partial charge in [-0.05, 0) is 13.8 Å². The third kappa shape index (κ3) is 2.45. The van der Waals surface area contributed by atoms with Crippen molar-refractivity contribution in [3.05, 3.63) is 17.0 Å². The first-order valence-electron chi connectivity index (χ1n) is 7.28. The molecule has 0 radical (unpaired) electrons. The maximum atomic E-state index is 12.0. The molecule has 0 aromatic carbocycles. The average Bonchev–Trinajstić information content (AvgIpc) is 3.03. The van der Waals surface area contributed by atoms with Gasteiger partial charge in [0.25, 0.3) is 0 Å². The van der Waals surface area contributed by atoms with Crippen LogP contribution >= 0.6 is 0 Å². The van der Waals surface area contributed by atoms with Gasteiger partial charge in [-0.15, -0.1) is 0 Å².